The Kier molecular flexibility index (Phi) is 3.50. The molecule has 1 aromatic carbocycles. The highest BCUT2D eigenvalue weighted by Crippen LogP contribution is 2.15. The van der Waals surface area contributed by atoms with Gasteiger partial charge in [-0.2, -0.15) is 0 Å². The SMILES string of the molecule is NCCCc1cc(Cl)ccc1F. The van der Waals surface area contributed by atoms with E-state index in [4.69, 9.17) is 17.3 Å². The van der Waals surface area contributed by atoms with Gasteiger partial charge in [-0.1, -0.05) is 11.6 Å². The highest BCUT2D eigenvalue weighted by atomic mass is 35.5. The maximum absolute atomic E-state index is 13.0. The molecular weight excluding hydrogens is 177 g/mol. The fraction of sp³-hybridized carbons (Fsp3) is 0.333. The summed E-state index contributed by atoms with van der Waals surface area (Å²) >= 11 is 5.70. The zero-order chi connectivity index (χ0) is 8.97. The highest BCUT2D eigenvalue weighted by Gasteiger charge is 2.01. The summed E-state index contributed by atoms with van der Waals surface area (Å²) in [5.41, 5.74) is 5.96. The van der Waals surface area contributed by atoms with Gasteiger partial charge in [0, 0.05) is 5.02 Å². The summed E-state index contributed by atoms with van der Waals surface area (Å²) in [7, 11) is 0. The van der Waals surface area contributed by atoms with Crippen molar-refractivity contribution >= 4 is 11.6 Å². The summed E-state index contributed by atoms with van der Waals surface area (Å²) in [6, 6.07) is 4.57. The molecule has 12 heavy (non-hydrogen) atoms. The van der Waals surface area contributed by atoms with Gasteiger partial charge in [0.05, 0.1) is 0 Å². The van der Waals surface area contributed by atoms with E-state index >= 15 is 0 Å². The lowest BCUT2D eigenvalue weighted by atomic mass is 10.1. The van der Waals surface area contributed by atoms with Gasteiger partial charge in [-0.15, -0.1) is 0 Å². The first kappa shape index (κ1) is 9.49. The lowest BCUT2D eigenvalue weighted by Gasteiger charge is -2.01. The average molecular weight is 188 g/mol. The minimum absolute atomic E-state index is 0.201. The summed E-state index contributed by atoms with van der Waals surface area (Å²) in [5.74, 6) is -0.201. The van der Waals surface area contributed by atoms with Crippen LogP contribution in [0.2, 0.25) is 5.02 Å². The first-order chi connectivity index (χ1) is 5.74. The number of nitrogens with two attached hydrogens (primary N) is 1. The van der Waals surface area contributed by atoms with E-state index in [9.17, 15) is 4.39 Å². The fourth-order valence-electron chi connectivity index (χ4n) is 1.03. The Bertz CT molecular complexity index is 263. The van der Waals surface area contributed by atoms with Crippen molar-refractivity contribution in [3.8, 4) is 0 Å². The second kappa shape index (κ2) is 4.43. The topological polar surface area (TPSA) is 26.0 Å². The molecule has 0 saturated carbocycles. The molecule has 0 fully saturated rings. The zero-order valence-corrected chi connectivity index (χ0v) is 7.44. The van der Waals surface area contributed by atoms with E-state index in [1.807, 2.05) is 0 Å². The van der Waals surface area contributed by atoms with Crippen LogP contribution < -0.4 is 5.73 Å². The number of hydrogen-bond donors (Lipinski definition) is 1. The van der Waals surface area contributed by atoms with Crippen LogP contribution in [0.15, 0.2) is 18.2 Å². The Morgan fingerprint density at radius 1 is 1.42 bits per heavy atom. The van der Waals surface area contributed by atoms with Crippen molar-refractivity contribution in [2.75, 3.05) is 6.54 Å². The molecule has 66 valence electrons. The molecule has 0 atom stereocenters. The Labute approximate surface area is 76.3 Å². The molecule has 3 heteroatoms. The van der Waals surface area contributed by atoms with Crippen molar-refractivity contribution in [3.63, 3.8) is 0 Å². The molecule has 0 saturated heterocycles. The third kappa shape index (κ3) is 2.47. The van der Waals surface area contributed by atoms with Gasteiger partial charge in [-0.3, -0.25) is 0 Å². The first-order valence-corrected chi connectivity index (χ1v) is 4.26. The van der Waals surface area contributed by atoms with Crippen molar-refractivity contribution < 1.29 is 4.39 Å². The second-order valence-corrected chi connectivity index (χ2v) is 3.06. The molecule has 0 unspecified atom stereocenters. The van der Waals surface area contributed by atoms with Crippen LogP contribution in [0.3, 0.4) is 0 Å². The van der Waals surface area contributed by atoms with Crippen LogP contribution in [0, 0.1) is 5.82 Å². The Morgan fingerprint density at radius 3 is 2.83 bits per heavy atom. The van der Waals surface area contributed by atoms with Crippen LogP contribution in [-0.4, -0.2) is 6.54 Å². The average Bonchev–Trinajstić information content (AvgIpc) is 2.07. The summed E-state index contributed by atoms with van der Waals surface area (Å²) in [6.45, 7) is 0.575. The van der Waals surface area contributed by atoms with Crippen LogP contribution in [0.25, 0.3) is 0 Å². The number of halogens is 2. The van der Waals surface area contributed by atoms with E-state index in [1.165, 1.54) is 6.07 Å². The Hall–Kier alpha value is -0.600. The third-order valence-electron chi connectivity index (χ3n) is 1.66. The van der Waals surface area contributed by atoms with Crippen LogP contribution >= 0.6 is 11.6 Å². The number of hydrogen-bond acceptors (Lipinski definition) is 1. The fourth-order valence-corrected chi connectivity index (χ4v) is 1.22. The van der Waals surface area contributed by atoms with Gasteiger partial charge in [-0.05, 0) is 43.1 Å². The lowest BCUT2D eigenvalue weighted by molar-refractivity contribution is 0.605. The van der Waals surface area contributed by atoms with E-state index in [1.54, 1.807) is 12.1 Å². The monoisotopic (exact) mass is 187 g/mol. The lowest BCUT2D eigenvalue weighted by Crippen LogP contribution is -2.01. The predicted octanol–water partition coefficient (Wildman–Crippen LogP) is 2.37. The summed E-state index contributed by atoms with van der Waals surface area (Å²) < 4.78 is 13.0. The molecular formula is C9H11ClFN. The largest absolute Gasteiger partial charge is 0.330 e. The van der Waals surface area contributed by atoms with Gasteiger partial charge in [0.25, 0.3) is 0 Å². The minimum Gasteiger partial charge on any atom is -0.330 e. The number of benzene rings is 1. The zero-order valence-electron chi connectivity index (χ0n) is 6.69. The predicted molar refractivity (Wildman–Crippen MR) is 48.8 cm³/mol. The normalized spacial score (nSPS) is 10.2. The quantitative estimate of drug-likeness (QED) is 0.773. The summed E-state index contributed by atoms with van der Waals surface area (Å²) in [5, 5.41) is 0.573. The number of rotatable bonds is 3. The van der Waals surface area contributed by atoms with E-state index in [0.717, 1.165) is 6.42 Å². The van der Waals surface area contributed by atoms with Gasteiger partial charge >= 0.3 is 0 Å². The molecule has 0 bridgehead atoms. The molecule has 0 aliphatic heterocycles. The van der Waals surface area contributed by atoms with Crippen molar-refractivity contribution in [2.24, 2.45) is 5.73 Å². The van der Waals surface area contributed by atoms with Crippen LogP contribution in [-0.2, 0) is 6.42 Å². The molecule has 1 aromatic rings. The molecule has 1 nitrogen and oxygen atoms in total. The molecule has 0 radical (unpaired) electrons. The highest BCUT2D eigenvalue weighted by molar-refractivity contribution is 6.30. The molecule has 0 aromatic heterocycles. The van der Waals surface area contributed by atoms with E-state index in [0.29, 0.717) is 23.6 Å². The molecule has 0 spiro atoms. The second-order valence-electron chi connectivity index (χ2n) is 2.63. The van der Waals surface area contributed by atoms with Gasteiger partial charge in [0.15, 0.2) is 0 Å². The van der Waals surface area contributed by atoms with Crippen LogP contribution in [0.4, 0.5) is 4.39 Å². The molecule has 0 aliphatic carbocycles. The summed E-state index contributed by atoms with van der Waals surface area (Å²) in [4.78, 5) is 0. The smallest absolute Gasteiger partial charge is 0.126 e. The Balaban J connectivity index is 2.75. The molecule has 0 amide bonds. The van der Waals surface area contributed by atoms with Crippen molar-refractivity contribution in [3.05, 3.63) is 34.6 Å². The van der Waals surface area contributed by atoms with E-state index < -0.39 is 0 Å². The minimum atomic E-state index is -0.201. The third-order valence-corrected chi connectivity index (χ3v) is 1.89. The summed E-state index contributed by atoms with van der Waals surface area (Å²) in [6.07, 6.45) is 1.44. The Morgan fingerprint density at radius 2 is 2.17 bits per heavy atom. The molecule has 0 aliphatic rings. The van der Waals surface area contributed by atoms with Crippen LogP contribution in [0.5, 0.6) is 0 Å². The van der Waals surface area contributed by atoms with Crippen molar-refractivity contribution in [1.82, 2.24) is 0 Å². The standard InChI is InChI=1S/C9H11ClFN/c10-8-3-4-9(11)7(6-8)2-1-5-12/h3-4,6H,1-2,5,12H2. The molecule has 1 rings (SSSR count). The van der Waals surface area contributed by atoms with Gasteiger partial charge in [-0.25, -0.2) is 4.39 Å². The molecule has 2 N–H and O–H groups in total. The van der Waals surface area contributed by atoms with Gasteiger partial charge < -0.3 is 5.73 Å². The van der Waals surface area contributed by atoms with E-state index in [2.05, 4.69) is 0 Å². The van der Waals surface area contributed by atoms with Crippen LogP contribution in [0.1, 0.15) is 12.0 Å². The first-order valence-electron chi connectivity index (χ1n) is 3.88. The molecule has 0 heterocycles. The maximum Gasteiger partial charge on any atom is 0.126 e. The maximum atomic E-state index is 13.0. The van der Waals surface area contributed by atoms with Gasteiger partial charge in [0.1, 0.15) is 5.82 Å². The van der Waals surface area contributed by atoms with E-state index in [-0.39, 0.29) is 5.82 Å². The number of aryl methyl sites for hydroxylation is 1. The van der Waals surface area contributed by atoms with Gasteiger partial charge in [0.2, 0.25) is 0 Å². The van der Waals surface area contributed by atoms with Crippen molar-refractivity contribution in [2.45, 2.75) is 12.8 Å². The van der Waals surface area contributed by atoms with Crippen molar-refractivity contribution in [1.29, 1.82) is 0 Å².